The van der Waals surface area contributed by atoms with Crippen LogP contribution in [-0.2, 0) is 0 Å². The fraction of sp³-hybridized carbons (Fsp3) is 0.143. The molecule has 6 heteroatoms. The van der Waals surface area contributed by atoms with Crippen LogP contribution in [0.1, 0.15) is 5.69 Å². The Hall–Kier alpha value is -1.49. The second kappa shape index (κ2) is 3.49. The third-order valence-electron chi connectivity index (χ3n) is 1.52. The largest absolute Gasteiger partial charge is 0.617 e. The standard InChI is InChI=1S/C7H7ClN2O3/c1-4-5(9-7(11)12)2-3-6(8)10(4)13/h2-3,9H,1H3,(H,11,12). The number of hydrogen-bond acceptors (Lipinski definition) is 2. The molecule has 0 aliphatic heterocycles. The summed E-state index contributed by atoms with van der Waals surface area (Å²) in [5, 5.41) is 21.6. The highest BCUT2D eigenvalue weighted by Gasteiger charge is 2.12. The summed E-state index contributed by atoms with van der Waals surface area (Å²) >= 11 is 5.50. The van der Waals surface area contributed by atoms with Gasteiger partial charge in [-0.2, -0.15) is 4.73 Å². The maximum Gasteiger partial charge on any atom is 0.409 e. The maximum atomic E-state index is 11.1. The molecule has 5 nitrogen and oxygen atoms in total. The first-order chi connectivity index (χ1) is 6.02. The minimum atomic E-state index is -1.22. The van der Waals surface area contributed by atoms with Crippen molar-refractivity contribution in [2.75, 3.05) is 5.32 Å². The molecule has 0 spiro atoms. The summed E-state index contributed by atoms with van der Waals surface area (Å²) in [6.45, 7) is 1.48. The van der Waals surface area contributed by atoms with E-state index in [-0.39, 0.29) is 16.5 Å². The Kier molecular flexibility index (Phi) is 2.57. The van der Waals surface area contributed by atoms with Crippen LogP contribution in [0.25, 0.3) is 0 Å². The van der Waals surface area contributed by atoms with Gasteiger partial charge in [0.1, 0.15) is 5.69 Å². The lowest BCUT2D eigenvalue weighted by Gasteiger charge is -2.06. The molecular weight excluding hydrogens is 196 g/mol. The quantitative estimate of drug-likeness (QED) is 0.410. The molecule has 1 aromatic rings. The fourth-order valence-electron chi connectivity index (χ4n) is 0.857. The third-order valence-corrected chi connectivity index (χ3v) is 1.80. The SMILES string of the molecule is Cc1c(NC(=O)O)ccc(Cl)[n+]1[O-]. The Balaban J connectivity index is 3.10. The molecule has 1 heterocycles. The second-order valence-electron chi connectivity index (χ2n) is 2.38. The average Bonchev–Trinajstić information content (AvgIpc) is 2.06. The highest BCUT2D eigenvalue weighted by atomic mass is 35.5. The molecule has 2 N–H and O–H groups in total. The third kappa shape index (κ3) is 2.00. The van der Waals surface area contributed by atoms with Gasteiger partial charge in [0.15, 0.2) is 0 Å². The zero-order chi connectivity index (χ0) is 10.0. The summed E-state index contributed by atoms with van der Waals surface area (Å²) < 4.78 is 0.451. The van der Waals surface area contributed by atoms with Crippen LogP contribution in [0.2, 0.25) is 5.15 Å². The lowest BCUT2D eigenvalue weighted by molar-refractivity contribution is -0.609. The minimum Gasteiger partial charge on any atom is -0.617 e. The van der Waals surface area contributed by atoms with Gasteiger partial charge in [0.25, 0.3) is 5.15 Å². The lowest BCUT2D eigenvalue weighted by Crippen LogP contribution is -2.32. The average molecular weight is 203 g/mol. The molecule has 0 radical (unpaired) electrons. The predicted molar refractivity (Wildman–Crippen MR) is 46.8 cm³/mol. The zero-order valence-corrected chi connectivity index (χ0v) is 7.50. The Morgan fingerprint density at radius 3 is 2.85 bits per heavy atom. The van der Waals surface area contributed by atoms with E-state index in [1.807, 2.05) is 0 Å². The van der Waals surface area contributed by atoms with E-state index in [1.165, 1.54) is 19.1 Å². The van der Waals surface area contributed by atoms with Gasteiger partial charge in [0, 0.05) is 13.0 Å². The Labute approximate surface area is 79.1 Å². The zero-order valence-electron chi connectivity index (χ0n) is 6.74. The van der Waals surface area contributed by atoms with Crippen molar-refractivity contribution >= 4 is 23.4 Å². The molecule has 0 unspecified atom stereocenters. The number of rotatable bonds is 1. The molecule has 1 aromatic heterocycles. The topological polar surface area (TPSA) is 76.3 Å². The van der Waals surface area contributed by atoms with Crippen LogP contribution < -0.4 is 10.0 Å². The van der Waals surface area contributed by atoms with E-state index >= 15 is 0 Å². The first kappa shape index (κ1) is 9.60. The number of nitrogens with one attached hydrogen (secondary N) is 1. The molecule has 0 atom stereocenters. The Morgan fingerprint density at radius 1 is 1.69 bits per heavy atom. The number of amides is 1. The predicted octanol–water partition coefficient (Wildman–Crippen LogP) is 1.37. The maximum absolute atomic E-state index is 11.1. The van der Waals surface area contributed by atoms with Gasteiger partial charge in [0.05, 0.1) is 0 Å². The van der Waals surface area contributed by atoms with Gasteiger partial charge in [-0.05, 0) is 17.7 Å². The number of anilines is 1. The fourth-order valence-corrected chi connectivity index (χ4v) is 1.05. The number of hydrogen-bond donors (Lipinski definition) is 2. The summed E-state index contributed by atoms with van der Waals surface area (Å²) in [4.78, 5) is 10.3. The van der Waals surface area contributed by atoms with E-state index in [9.17, 15) is 10.0 Å². The van der Waals surface area contributed by atoms with Crippen molar-refractivity contribution in [1.82, 2.24) is 0 Å². The normalized spacial score (nSPS) is 9.69. The van der Waals surface area contributed by atoms with E-state index in [4.69, 9.17) is 16.7 Å². The van der Waals surface area contributed by atoms with Crippen molar-refractivity contribution in [2.24, 2.45) is 0 Å². The Morgan fingerprint density at radius 2 is 2.31 bits per heavy atom. The van der Waals surface area contributed by atoms with Crippen molar-refractivity contribution in [3.05, 3.63) is 28.2 Å². The summed E-state index contributed by atoms with van der Waals surface area (Å²) in [7, 11) is 0. The smallest absolute Gasteiger partial charge is 0.409 e. The van der Waals surface area contributed by atoms with Crippen molar-refractivity contribution in [3.8, 4) is 0 Å². The lowest BCUT2D eigenvalue weighted by atomic mass is 10.3. The molecule has 13 heavy (non-hydrogen) atoms. The van der Waals surface area contributed by atoms with Gasteiger partial charge < -0.3 is 10.3 Å². The molecular formula is C7H7ClN2O3. The number of halogens is 1. The molecule has 1 amide bonds. The molecule has 0 fully saturated rings. The van der Waals surface area contributed by atoms with Gasteiger partial charge in [-0.3, -0.25) is 5.32 Å². The van der Waals surface area contributed by atoms with Gasteiger partial charge in [-0.15, -0.1) is 0 Å². The summed E-state index contributed by atoms with van der Waals surface area (Å²) in [5.74, 6) is 0. The van der Waals surface area contributed by atoms with Crippen LogP contribution in [0.3, 0.4) is 0 Å². The summed E-state index contributed by atoms with van der Waals surface area (Å²) in [6, 6.07) is 2.76. The van der Waals surface area contributed by atoms with Gasteiger partial charge in [-0.25, -0.2) is 4.79 Å². The van der Waals surface area contributed by atoms with Crippen molar-refractivity contribution in [2.45, 2.75) is 6.92 Å². The second-order valence-corrected chi connectivity index (χ2v) is 2.77. The van der Waals surface area contributed by atoms with E-state index in [2.05, 4.69) is 5.32 Å². The van der Waals surface area contributed by atoms with Gasteiger partial charge in [0.2, 0.25) is 5.69 Å². The van der Waals surface area contributed by atoms with Crippen LogP contribution in [0.15, 0.2) is 12.1 Å². The van der Waals surface area contributed by atoms with Crippen molar-refractivity contribution < 1.29 is 14.6 Å². The van der Waals surface area contributed by atoms with Gasteiger partial charge >= 0.3 is 6.09 Å². The molecule has 70 valence electrons. The van der Waals surface area contributed by atoms with E-state index < -0.39 is 6.09 Å². The van der Waals surface area contributed by atoms with Crippen molar-refractivity contribution in [1.29, 1.82) is 0 Å². The molecule has 1 rings (SSSR count). The van der Waals surface area contributed by atoms with Crippen molar-refractivity contribution in [3.63, 3.8) is 0 Å². The van der Waals surface area contributed by atoms with Crippen LogP contribution in [0.4, 0.5) is 10.5 Å². The number of carbonyl (C=O) groups is 1. The molecule has 0 saturated heterocycles. The first-order valence-electron chi connectivity index (χ1n) is 3.41. The molecule has 0 aliphatic carbocycles. The minimum absolute atomic E-state index is 0.00781. The number of pyridine rings is 1. The van der Waals surface area contributed by atoms with E-state index in [0.717, 1.165) is 0 Å². The van der Waals surface area contributed by atoms with Crippen LogP contribution >= 0.6 is 11.6 Å². The molecule has 0 bridgehead atoms. The number of nitrogens with zero attached hydrogens (tertiary/aromatic N) is 1. The number of carboxylic acid groups (broad SMARTS) is 1. The van der Waals surface area contributed by atoms with E-state index in [0.29, 0.717) is 4.73 Å². The van der Waals surface area contributed by atoms with Crippen LogP contribution in [-0.4, -0.2) is 11.2 Å². The molecule has 0 aromatic carbocycles. The van der Waals surface area contributed by atoms with Crippen LogP contribution in [0, 0.1) is 12.1 Å². The van der Waals surface area contributed by atoms with Gasteiger partial charge in [-0.1, -0.05) is 0 Å². The highest BCUT2D eigenvalue weighted by molar-refractivity contribution is 6.28. The number of aromatic nitrogens is 1. The van der Waals surface area contributed by atoms with E-state index in [1.54, 1.807) is 0 Å². The summed E-state index contributed by atoms with van der Waals surface area (Å²) in [5.41, 5.74) is 0.446. The highest BCUT2D eigenvalue weighted by Crippen LogP contribution is 2.13. The molecule has 0 aliphatic rings. The summed E-state index contributed by atoms with van der Waals surface area (Å²) in [6.07, 6.45) is -1.22. The monoisotopic (exact) mass is 202 g/mol. The van der Waals surface area contributed by atoms with Crippen LogP contribution in [0.5, 0.6) is 0 Å². The molecule has 0 saturated carbocycles. The first-order valence-corrected chi connectivity index (χ1v) is 3.79. The Bertz CT molecular complexity index is 354.